The number of hydrogen-bond donors (Lipinski definition) is 1. The Morgan fingerprint density at radius 2 is 1.77 bits per heavy atom. The Labute approximate surface area is 179 Å². The minimum absolute atomic E-state index is 0.0277. The second kappa shape index (κ2) is 8.02. The van der Waals surface area contributed by atoms with E-state index in [1.807, 2.05) is 29.3 Å². The van der Waals surface area contributed by atoms with Crippen LogP contribution in [0.5, 0.6) is 0 Å². The molecule has 0 radical (unpaired) electrons. The Bertz CT molecular complexity index is 1220. The lowest BCUT2D eigenvalue weighted by molar-refractivity contribution is -0.364. The third-order valence-electron chi connectivity index (χ3n) is 6.47. The van der Waals surface area contributed by atoms with Gasteiger partial charge in [-0.2, -0.15) is 0 Å². The standard InChI is InChI=1S/C23H25N5O3/c29-21(27-13-11-26(12-14-27)20-7-3-4-10-24-20)16-8-9-18-19(15-16)25-23(31)28(22(18)30)17-5-1-2-6-17/h3-4,7-10,15,17H,1-2,5-6,11-14H2,(H,25,31)/p+1. The van der Waals surface area contributed by atoms with Gasteiger partial charge in [0.15, 0.2) is 0 Å². The molecule has 31 heavy (non-hydrogen) atoms. The van der Waals surface area contributed by atoms with Gasteiger partial charge in [0.25, 0.3) is 17.3 Å². The normalized spacial score (nSPS) is 17.4. The highest BCUT2D eigenvalue weighted by molar-refractivity contribution is 5.97. The number of fused-ring (bicyclic) bond motifs is 1. The first-order chi connectivity index (χ1) is 15.1. The Morgan fingerprint density at radius 1 is 1.00 bits per heavy atom. The number of aromatic amines is 2. The van der Waals surface area contributed by atoms with Crippen molar-refractivity contribution in [2.24, 2.45) is 0 Å². The van der Waals surface area contributed by atoms with E-state index in [2.05, 4.69) is 14.9 Å². The van der Waals surface area contributed by atoms with E-state index >= 15 is 0 Å². The predicted octanol–water partition coefficient (Wildman–Crippen LogP) is 1.58. The van der Waals surface area contributed by atoms with Crippen molar-refractivity contribution in [3.05, 3.63) is 69.0 Å². The second-order valence-corrected chi connectivity index (χ2v) is 8.33. The van der Waals surface area contributed by atoms with Crippen molar-refractivity contribution >= 4 is 22.6 Å². The summed E-state index contributed by atoms with van der Waals surface area (Å²) in [6, 6.07) is 10.9. The number of amides is 1. The number of rotatable bonds is 3. The van der Waals surface area contributed by atoms with Crippen LogP contribution in [0.25, 0.3) is 10.9 Å². The van der Waals surface area contributed by atoms with E-state index in [4.69, 9.17) is 0 Å². The fraction of sp³-hybridized carbons (Fsp3) is 0.391. The number of piperazine rings is 1. The Balaban J connectivity index is 1.37. The van der Waals surface area contributed by atoms with Crippen molar-refractivity contribution in [2.75, 3.05) is 31.1 Å². The zero-order valence-corrected chi connectivity index (χ0v) is 17.3. The zero-order chi connectivity index (χ0) is 21.4. The van der Waals surface area contributed by atoms with Crippen LogP contribution in [-0.2, 0) is 0 Å². The average Bonchev–Trinajstić information content (AvgIpc) is 3.33. The third-order valence-corrected chi connectivity index (χ3v) is 6.47. The van der Waals surface area contributed by atoms with Gasteiger partial charge in [0.1, 0.15) is 13.1 Å². The summed E-state index contributed by atoms with van der Waals surface area (Å²) >= 11 is 0. The molecule has 0 spiro atoms. The van der Waals surface area contributed by atoms with E-state index in [0.717, 1.165) is 44.6 Å². The van der Waals surface area contributed by atoms with Gasteiger partial charge in [0, 0.05) is 17.7 Å². The molecule has 3 aromatic rings. The number of carbonyl (C=O) groups excluding carboxylic acids is 1. The minimum Gasteiger partial charge on any atom is -0.331 e. The van der Waals surface area contributed by atoms with Gasteiger partial charge in [0.2, 0.25) is 0 Å². The van der Waals surface area contributed by atoms with Crippen LogP contribution >= 0.6 is 0 Å². The molecule has 1 saturated carbocycles. The molecule has 1 aliphatic heterocycles. The molecule has 160 valence electrons. The van der Waals surface area contributed by atoms with Gasteiger partial charge >= 0.3 is 5.69 Å². The van der Waals surface area contributed by atoms with Crippen LogP contribution in [0.4, 0.5) is 5.82 Å². The zero-order valence-electron chi connectivity index (χ0n) is 17.3. The maximum atomic E-state index is 13.1. The monoisotopic (exact) mass is 420 g/mol. The highest BCUT2D eigenvalue weighted by Crippen LogP contribution is 2.27. The number of hydrogen-bond acceptors (Lipinski definition) is 4. The summed E-state index contributed by atoms with van der Waals surface area (Å²) in [6.07, 6.45) is 5.69. The Hall–Kier alpha value is -3.42. The van der Waals surface area contributed by atoms with Crippen LogP contribution in [0, 0.1) is 0 Å². The Kier molecular flexibility index (Phi) is 5.05. The number of benzene rings is 1. The molecule has 0 bridgehead atoms. The summed E-state index contributed by atoms with van der Waals surface area (Å²) < 4.78 is 1.36. The number of nitrogens with one attached hydrogen (secondary N) is 2. The van der Waals surface area contributed by atoms with Gasteiger partial charge in [-0.15, -0.1) is 0 Å². The largest absolute Gasteiger partial charge is 0.331 e. The summed E-state index contributed by atoms with van der Waals surface area (Å²) in [6.45, 7) is 2.70. The molecule has 2 aliphatic rings. The molecule has 2 fully saturated rings. The van der Waals surface area contributed by atoms with Crippen LogP contribution < -0.4 is 21.1 Å². The molecule has 8 nitrogen and oxygen atoms in total. The molecule has 1 saturated heterocycles. The molecule has 1 amide bonds. The van der Waals surface area contributed by atoms with Crippen molar-refractivity contribution in [3.63, 3.8) is 0 Å². The maximum absolute atomic E-state index is 13.1. The number of nitrogens with zero attached hydrogens (tertiary/aromatic N) is 3. The lowest BCUT2D eigenvalue weighted by Crippen LogP contribution is -2.50. The number of pyridine rings is 1. The summed E-state index contributed by atoms with van der Waals surface area (Å²) in [5, 5.41) is 0.451. The quantitative estimate of drug-likeness (QED) is 0.696. The van der Waals surface area contributed by atoms with Crippen LogP contribution in [0.15, 0.2) is 52.2 Å². The van der Waals surface area contributed by atoms with E-state index in [0.29, 0.717) is 29.6 Å². The highest BCUT2D eigenvalue weighted by atomic mass is 16.2. The van der Waals surface area contributed by atoms with Crippen molar-refractivity contribution in [2.45, 2.75) is 31.7 Å². The summed E-state index contributed by atoms with van der Waals surface area (Å²) in [5.74, 6) is 0.954. The number of carbonyl (C=O) groups is 1. The van der Waals surface area contributed by atoms with E-state index in [9.17, 15) is 14.4 Å². The topological polar surface area (TPSA) is 92.5 Å². The minimum atomic E-state index is -0.387. The van der Waals surface area contributed by atoms with Gasteiger partial charge < -0.3 is 9.88 Å². The van der Waals surface area contributed by atoms with Crippen LogP contribution in [-0.4, -0.2) is 46.5 Å². The van der Waals surface area contributed by atoms with Crippen molar-refractivity contribution in [1.29, 1.82) is 0 Å². The first-order valence-corrected chi connectivity index (χ1v) is 10.9. The van der Waals surface area contributed by atoms with Crippen molar-refractivity contribution in [1.82, 2.24) is 14.5 Å². The number of anilines is 1. The van der Waals surface area contributed by atoms with E-state index in [1.165, 1.54) is 4.57 Å². The van der Waals surface area contributed by atoms with E-state index < -0.39 is 0 Å². The lowest BCUT2D eigenvalue weighted by atomic mass is 10.1. The van der Waals surface area contributed by atoms with Gasteiger partial charge in [-0.05, 0) is 37.1 Å². The van der Waals surface area contributed by atoms with Gasteiger partial charge in [-0.3, -0.25) is 19.1 Å². The molecular formula is C23H26N5O3+. The fourth-order valence-corrected chi connectivity index (χ4v) is 4.77. The number of H-pyrrole nitrogens is 2. The first kappa shape index (κ1) is 19.5. The van der Waals surface area contributed by atoms with E-state index in [-0.39, 0.29) is 23.2 Å². The molecule has 0 unspecified atom stereocenters. The molecule has 0 atom stereocenters. The van der Waals surface area contributed by atoms with Crippen molar-refractivity contribution in [3.8, 4) is 0 Å². The Morgan fingerprint density at radius 3 is 2.48 bits per heavy atom. The molecule has 2 aromatic heterocycles. The van der Waals surface area contributed by atoms with E-state index in [1.54, 1.807) is 18.2 Å². The third kappa shape index (κ3) is 3.62. The average molecular weight is 420 g/mol. The summed E-state index contributed by atoms with van der Waals surface area (Å²) in [5.41, 5.74) is 0.257. The van der Waals surface area contributed by atoms with Gasteiger partial charge in [-0.1, -0.05) is 18.9 Å². The molecule has 3 heterocycles. The van der Waals surface area contributed by atoms with Crippen LogP contribution in [0.1, 0.15) is 42.1 Å². The van der Waals surface area contributed by atoms with Crippen molar-refractivity contribution < 1.29 is 9.78 Å². The van der Waals surface area contributed by atoms with Crippen LogP contribution in [0.2, 0.25) is 0 Å². The maximum Gasteiger partial charge on any atom is 0.329 e. The highest BCUT2D eigenvalue weighted by Gasteiger charge is 2.27. The van der Waals surface area contributed by atoms with Gasteiger partial charge in [0.05, 0.1) is 30.2 Å². The smallest absolute Gasteiger partial charge is 0.329 e. The first-order valence-electron chi connectivity index (χ1n) is 10.9. The second-order valence-electron chi connectivity index (χ2n) is 8.33. The predicted molar refractivity (Wildman–Crippen MR) is 117 cm³/mol. The SMILES string of the molecule is O=C(c1ccc2c(=O)n(C3CCCC3)c(=O)[nH]c2c1)N1CCN(c2cccc[nH+]2)CC1. The molecule has 1 aliphatic carbocycles. The molecule has 8 heteroatoms. The lowest BCUT2D eigenvalue weighted by Gasteiger charge is -2.31. The summed E-state index contributed by atoms with van der Waals surface area (Å²) in [4.78, 5) is 48.7. The number of aromatic nitrogens is 3. The summed E-state index contributed by atoms with van der Waals surface area (Å²) in [7, 11) is 0. The van der Waals surface area contributed by atoms with Crippen LogP contribution in [0.3, 0.4) is 0 Å². The van der Waals surface area contributed by atoms with Gasteiger partial charge in [-0.25, -0.2) is 9.78 Å². The molecule has 2 N–H and O–H groups in total. The molecule has 1 aromatic carbocycles. The molecule has 5 rings (SSSR count). The fourth-order valence-electron chi connectivity index (χ4n) is 4.77. The molecular weight excluding hydrogens is 394 g/mol.